The Labute approximate surface area is 183 Å². The summed E-state index contributed by atoms with van der Waals surface area (Å²) in [6.07, 6.45) is 4.64. The fraction of sp³-hybridized carbons (Fsp3) is 0.684. The molecule has 0 saturated carbocycles. The quantitative estimate of drug-likeness (QED) is 0.242. The first kappa shape index (κ1) is 24.0. The van der Waals surface area contributed by atoms with Crippen molar-refractivity contribution in [3.63, 3.8) is 0 Å². The van der Waals surface area contributed by atoms with E-state index in [-0.39, 0.29) is 0 Å². The number of hydrogen-bond donors (Lipinski definition) is 4. The van der Waals surface area contributed by atoms with Gasteiger partial charge in [0.2, 0.25) is 17.8 Å². The number of thioether (sulfide) groups is 1. The second-order valence-corrected chi connectivity index (χ2v) is 7.80. The lowest BCUT2D eigenvalue weighted by Gasteiger charge is -2.10. The number of hydrogen-bond acceptors (Lipinski definition) is 11. The number of aromatic nitrogens is 6. The second kappa shape index (κ2) is 13.9. The average Bonchev–Trinajstić information content (AvgIpc) is 2.74. The van der Waals surface area contributed by atoms with Gasteiger partial charge >= 0.3 is 0 Å². The number of nitrogens with two attached hydrogens (primary N) is 1. The van der Waals surface area contributed by atoms with Crippen LogP contribution in [0.5, 0.6) is 0 Å². The predicted octanol–water partition coefficient (Wildman–Crippen LogP) is 2.36. The molecule has 30 heavy (non-hydrogen) atoms. The van der Waals surface area contributed by atoms with Crippen LogP contribution in [0, 0.1) is 0 Å². The summed E-state index contributed by atoms with van der Waals surface area (Å²) < 4.78 is 0. The Morgan fingerprint density at radius 1 is 0.733 bits per heavy atom. The van der Waals surface area contributed by atoms with Crippen LogP contribution in [0.1, 0.15) is 51.7 Å². The zero-order chi connectivity index (χ0) is 21.6. The molecule has 2 aromatic heterocycles. The molecule has 0 aromatic carbocycles. The van der Waals surface area contributed by atoms with Crippen LogP contribution in [0.2, 0.25) is 0 Å². The summed E-state index contributed by atoms with van der Waals surface area (Å²) in [7, 11) is 0. The first-order chi connectivity index (χ1) is 14.7. The Morgan fingerprint density at radius 2 is 1.37 bits per heavy atom. The van der Waals surface area contributed by atoms with Crippen LogP contribution in [0.25, 0.3) is 0 Å². The molecule has 2 rings (SSSR count). The van der Waals surface area contributed by atoms with Gasteiger partial charge in [-0.15, -0.1) is 0 Å². The molecule has 2 aromatic rings. The van der Waals surface area contributed by atoms with E-state index >= 15 is 0 Å². The zero-order valence-electron chi connectivity index (χ0n) is 18.2. The average molecular weight is 435 g/mol. The molecule has 0 spiro atoms. The first-order valence-electron chi connectivity index (χ1n) is 10.7. The number of rotatable bonds is 15. The monoisotopic (exact) mass is 434 g/mol. The van der Waals surface area contributed by atoms with Crippen LogP contribution >= 0.6 is 11.8 Å². The molecule has 0 bridgehead atoms. The molecule has 0 aliphatic heterocycles. The van der Waals surface area contributed by atoms with Crippen LogP contribution in [0.3, 0.4) is 0 Å². The number of nitrogens with one attached hydrogen (secondary N) is 3. The summed E-state index contributed by atoms with van der Waals surface area (Å²) in [6, 6.07) is 0. The molecular weight excluding hydrogens is 400 g/mol. The van der Waals surface area contributed by atoms with Gasteiger partial charge in [0.1, 0.15) is 11.6 Å². The summed E-state index contributed by atoms with van der Waals surface area (Å²) in [4.78, 5) is 27.0. The highest BCUT2D eigenvalue weighted by Gasteiger charge is 2.08. The summed E-state index contributed by atoms with van der Waals surface area (Å²) in [5.74, 6) is 4.30. The van der Waals surface area contributed by atoms with Crippen molar-refractivity contribution in [2.45, 2.75) is 58.0 Å². The minimum Gasteiger partial charge on any atom is -0.354 e. The first-order valence-corrected chi connectivity index (χ1v) is 11.7. The lowest BCUT2D eigenvalue weighted by atomic mass is 10.2. The Morgan fingerprint density at radius 3 is 2.03 bits per heavy atom. The summed E-state index contributed by atoms with van der Waals surface area (Å²) in [6.45, 7) is 8.89. The van der Waals surface area contributed by atoms with Gasteiger partial charge in [0.05, 0.1) is 0 Å². The molecule has 0 amide bonds. The van der Waals surface area contributed by atoms with E-state index in [0.29, 0.717) is 30.9 Å². The molecule has 11 heteroatoms. The lowest BCUT2D eigenvalue weighted by molar-refractivity contribution is 0.718. The largest absolute Gasteiger partial charge is 0.354 e. The third-order valence-electron chi connectivity index (χ3n) is 3.99. The molecule has 10 nitrogen and oxygen atoms in total. The van der Waals surface area contributed by atoms with E-state index < -0.39 is 0 Å². The Balaban J connectivity index is 1.94. The van der Waals surface area contributed by atoms with Crippen molar-refractivity contribution in [3.8, 4) is 0 Å². The van der Waals surface area contributed by atoms with Crippen LogP contribution in [0.15, 0.2) is 5.16 Å². The number of anilines is 3. The van der Waals surface area contributed by atoms with Crippen molar-refractivity contribution < 1.29 is 0 Å². The maximum Gasteiger partial charge on any atom is 0.227 e. The van der Waals surface area contributed by atoms with Gasteiger partial charge in [-0.1, -0.05) is 32.0 Å². The summed E-state index contributed by atoms with van der Waals surface area (Å²) >= 11 is 1.64. The van der Waals surface area contributed by atoms with Gasteiger partial charge in [-0.25, -0.2) is 4.98 Å². The SMILES string of the molecule is CCCCc1nc(NCCCc2nc(NCC)nc(NCCN)n2)nc(SCC)n1. The maximum absolute atomic E-state index is 5.56. The lowest BCUT2D eigenvalue weighted by Crippen LogP contribution is -2.17. The molecule has 0 fully saturated rings. The maximum atomic E-state index is 5.56. The van der Waals surface area contributed by atoms with E-state index in [0.717, 1.165) is 67.8 Å². The fourth-order valence-electron chi connectivity index (χ4n) is 2.60. The van der Waals surface area contributed by atoms with Crippen molar-refractivity contribution in [1.29, 1.82) is 0 Å². The second-order valence-electron chi connectivity index (χ2n) is 6.57. The van der Waals surface area contributed by atoms with E-state index in [1.54, 1.807) is 11.8 Å². The van der Waals surface area contributed by atoms with Crippen molar-refractivity contribution >= 4 is 29.6 Å². The molecule has 0 radical (unpaired) electrons. The Bertz CT molecular complexity index is 695. The van der Waals surface area contributed by atoms with Crippen LogP contribution < -0.4 is 21.7 Å². The van der Waals surface area contributed by atoms with Crippen LogP contribution in [-0.4, -0.2) is 61.8 Å². The van der Waals surface area contributed by atoms with Gasteiger partial charge in [0, 0.05) is 39.0 Å². The summed E-state index contributed by atoms with van der Waals surface area (Å²) in [5, 5.41) is 10.4. The third-order valence-corrected chi connectivity index (χ3v) is 4.72. The van der Waals surface area contributed by atoms with Crippen molar-refractivity contribution in [3.05, 3.63) is 11.6 Å². The third kappa shape index (κ3) is 8.62. The Hall–Kier alpha value is -2.27. The summed E-state index contributed by atoms with van der Waals surface area (Å²) in [5.41, 5.74) is 5.56. The topological polar surface area (TPSA) is 139 Å². The molecule has 166 valence electrons. The van der Waals surface area contributed by atoms with Crippen LogP contribution in [-0.2, 0) is 12.8 Å². The van der Waals surface area contributed by atoms with Crippen LogP contribution in [0.4, 0.5) is 17.8 Å². The van der Waals surface area contributed by atoms with Gasteiger partial charge in [-0.05, 0) is 25.5 Å². The molecule has 0 unspecified atom stereocenters. The minimum atomic E-state index is 0.520. The van der Waals surface area contributed by atoms with E-state index in [2.05, 4.69) is 59.7 Å². The normalized spacial score (nSPS) is 10.8. The fourth-order valence-corrected chi connectivity index (χ4v) is 3.18. The van der Waals surface area contributed by atoms with Gasteiger partial charge in [0.15, 0.2) is 5.16 Å². The predicted molar refractivity (Wildman–Crippen MR) is 123 cm³/mol. The van der Waals surface area contributed by atoms with E-state index in [1.165, 1.54) is 0 Å². The standard InChI is InChI=1S/C19H34N10S/c1-4-7-9-15-26-18(29-19(27-15)30-6-3)22-12-8-10-14-24-16(21-5-2)28-17(25-14)23-13-11-20/h4-13,20H2,1-3H3,(H,22,26,27,29)(H2,21,23,24,25,28). The molecule has 2 heterocycles. The molecule has 0 atom stereocenters. The number of aryl methyl sites for hydroxylation is 2. The van der Waals surface area contributed by atoms with Gasteiger partial charge in [-0.2, -0.15) is 24.9 Å². The molecule has 0 aliphatic carbocycles. The molecule has 5 N–H and O–H groups in total. The highest BCUT2D eigenvalue weighted by Crippen LogP contribution is 2.15. The highest BCUT2D eigenvalue weighted by molar-refractivity contribution is 7.99. The molecular formula is C19H34N10S. The molecule has 0 saturated heterocycles. The van der Waals surface area contributed by atoms with Gasteiger partial charge in [0.25, 0.3) is 0 Å². The van der Waals surface area contributed by atoms with Gasteiger partial charge < -0.3 is 21.7 Å². The highest BCUT2D eigenvalue weighted by atomic mass is 32.2. The van der Waals surface area contributed by atoms with Crippen molar-refractivity contribution in [2.75, 3.05) is 47.9 Å². The zero-order valence-corrected chi connectivity index (χ0v) is 19.1. The smallest absolute Gasteiger partial charge is 0.227 e. The van der Waals surface area contributed by atoms with Gasteiger partial charge in [-0.3, -0.25) is 0 Å². The number of unbranched alkanes of at least 4 members (excludes halogenated alkanes) is 1. The van der Waals surface area contributed by atoms with E-state index in [4.69, 9.17) is 5.73 Å². The van der Waals surface area contributed by atoms with Crippen molar-refractivity contribution in [1.82, 2.24) is 29.9 Å². The number of nitrogens with zero attached hydrogens (tertiary/aromatic N) is 6. The van der Waals surface area contributed by atoms with E-state index in [1.807, 2.05) is 6.92 Å². The molecule has 0 aliphatic rings. The van der Waals surface area contributed by atoms with E-state index in [9.17, 15) is 0 Å². The minimum absolute atomic E-state index is 0.520. The van der Waals surface area contributed by atoms with Crippen molar-refractivity contribution in [2.24, 2.45) is 5.73 Å². The Kier molecular flexibility index (Phi) is 11.1.